The van der Waals surface area contributed by atoms with Crippen molar-refractivity contribution in [1.82, 2.24) is 0 Å². The zero-order chi connectivity index (χ0) is 16.9. The Morgan fingerprint density at radius 3 is 2.61 bits per heavy atom. The molecule has 0 heterocycles. The van der Waals surface area contributed by atoms with E-state index in [1.807, 2.05) is 6.07 Å². The molecule has 5 nitrogen and oxygen atoms in total. The fourth-order valence-corrected chi connectivity index (χ4v) is 3.74. The van der Waals surface area contributed by atoms with Crippen LogP contribution >= 0.6 is 15.9 Å². The van der Waals surface area contributed by atoms with Crippen LogP contribution in [0, 0.1) is 0 Å². The second-order valence-electron chi connectivity index (χ2n) is 4.94. The Morgan fingerprint density at radius 1 is 1.17 bits per heavy atom. The lowest BCUT2D eigenvalue weighted by molar-refractivity contribution is -0.113. The van der Waals surface area contributed by atoms with Crippen LogP contribution < -0.4 is 10.1 Å². The summed E-state index contributed by atoms with van der Waals surface area (Å²) in [6, 6.07) is 13.7. The largest absolute Gasteiger partial charge is 0.497 e. The summed E-state index contributed by atoms with van der Waals surface area (Å²) in [7, 11) is -2.03. The molecule has 0 aliphatic carbocycles. The smallest absolute Gasteiger partial charge is 0.239 e. The van der Waals surface area contributed by atoms with Crippen molar-refractivity contribution in [3.05, 3.63) is 58.6 Å². The van der Waals surface area contributed by atoms with Crippen LogP contribution in [-0.4, -0.2) is 27.2 Å². The van der Waals surface area contributed by atoms with Gasteiger partial charge in [-0.05, 0) is 29.8 Å². The molecule has 0 atom stereocenters. The molecule has 0 unspecified atom stereocenters. The molecule has 1 amide bonds. The van der Waals surface area contributed by atoms with Crippen molar-refractivity contribution in [2.24, 2.45) is 0 Å². The Bertz CT molecular complexity index is 805. The van der Waals surface area contributed by atoms with Crippen LogP contribution in [0.5, 0.6) is 5.75 Å². The lowest BCUT2D eigenvalue weighted by Gasteiger charge is -2.08. The van der Waals surface area contributed by atoms with Crippen LogP contribution in [0.15, 0.2) is 53.0 Å². The van der Waals surface area contributed by atoms with E-state index in [9.17, 15) is 13.2 Å². The van der Waals surface area contributed by atoms with E-state index >= 15 is 0 Å². The lowest BCUT2D eigenvalue weighted by atomic mass is 10.2. The molecule has 1 N–H and O–H groups in total. The number of hydrogen-bond donors (Lipinski definition) is 1. The zero-order valence-corrected chi connectivity index (χ0v) is 14.9. The van der Waals surface area contributed by atoms with Crippen LogP contribution in [0.2, 0.25) is 0 Å². The number of benzene rings is 2. The molecule has 122 valence electrons. The highest BCUT2D eigenvalue weighted by atomic mass is 79.9. The van der Waals surface area contributed by atoms with Gasteiger partial charge in [0.05, 0.1) is 12.9 Å². The van der Waals surface area contributed by atoms with Crippen LogP contribution in [0.3, 0.4) is 0 Å². The molecule has 0 bridgehead atoms. The Kier molecular flexibility index (Phi) is 5.79. The van der Waals surface area contributed by atoms with Crippen molar-refractivity contribution < 1.29 is 17.9 Å². The molecule has 7 heteroatoms. The zero-order valence-electron chi connectivity index (χ0n) is 12.5. The van der Waals surface area contributed by atoms with Crippen molar-refractivity contribution in [2.45, 2.75) is 5.75 Å². The topological polar surface area (TPSA) is 72.5 Å². The SMILES string of the molecule is COc1cccc(NC(=O)CS(=O)(=O)Cc2cccc(Br)c2)c1. The van der Waals surface area contributed by atoms with Crippen molar-refractivity contribution >= 4 is 37.4 Å². The van der Waals surface area contributed by atoms with E-state index in [1.54, 1.807) is 42.5 Å². The third-order valence-electron chi connectivity index (χ3n) is 2.98. The molecule has 0 aliphatic rings. The van der Waals surface area contributed by atoms with Crippen LogP contribution in [0.25, 0.3) is 0 Å². The van der Waals surface area contributed by atoms with Crippen LogP contribution in [-0.2, 0) is 20.4 Å². The molecule has 0 aromatic heterocycles. The van der Waals surface area contributed by atoms with E-state index < -0.39 is 21.5 Å². The molecule has 0 aliphatic heterocycles. The second kappa shape index (κ2) is 7.61. The Hall–Kier alpha value is -1.86. The maximum Gasteiger partial charge on any atom is 0.239 e. The molecule has 0 radical (unpaired) electrons. The predicted molar refractivity (Wildman–Crippen MR) is 93.3 cm³/mol. The molecule has 0 spiro atoms. The van der Waals surface area contributed by atoms with Gasteiger partial charge >= 0.3 is 0 Å². The second-order valence-corrected chi connectivity index (χ2v) is 7.92. The first-order chi connectivity index (χ1) is 10.9. The first-order valence-electron chi connectivity index (χ1n) is 6.77. The minimum atomic E-state index is -3.55. The highest BCUT2D eigenvalue weighted by Gasteiger charge is 2.18. The quantitative estimate of drug-likeness (QED) is 0.812. The van der Waals surface area contributed by atoms with E-state index in [4.69, 9.17) is 4.74 Å². The monoisotopic (exact) mass is 397 g/mol. The third kappa shape index (κ3) is 5.69. The van der Waals surface area contributed by atoms with E-state index in [1.165, 1.54) is 7.11 Å². The minimum Gasteiger partial charge on any atom is -0.497 e. The standard InChI is InChI=1S/C16H16BrNO4S/c1-22-15-7-3-6-14(9-15)18-16(19)11-23(20,21)10-12-4-2-5-13(17)8-12/h2-9H,10-11H2,1H3,(H,18,19). The maximum atomic E-state index is 12.1. The van der Waals surface area contributed by atoms with Crippen molar-refractivity contribution in [2.75, 3.05) is 18.2 Å². The number of halogens is 1. The average Bonchev–Trinajstić information content (AvgIpc) is 2.46. The number of carbonyl (C=O) groups excluding carboxylic acids is 1. The number of sulfone groups is 1. The summed E-state index contributed by atoms with van der Waals surface area (Å²) < 4.78 is 30.1. The number of hydrogen-bond acceptors (Lipinski definition) is 4. The van der Waals surface area contributed by atoms with Crippen molar-refractivity contribution in [1.29, 1.82) is 0 Å². The van der Waals surface area contributed by atoms with Gasteiger partial charge in [0.15, 0.2) is 9.84 Å². The highest BCUT2D eigenvalue weighted by Crippen LogP contribution is 2.17. The molecule has 0 fully saturated rings. The normalized spacial score (nSPS) is 11.0. The number of nitrogens with one attached hydrogen (secondary N) is 1. The van der Waals surface area contributed by atoms with E-state index in [0.29, 0.717) is 17.0 Å². The summed E-state index contributed by atoms with van der Waals surface area (Å²) in [5, 5.41) is 2.56. The summed E-state index contributed by atoms with van der Waals surface area (Å²) >= 11 is 3.29. The Morgan fingerprint density at radius 2 is 1.91 bits per heavy atom. The Balaban J connectivity index is 2.00. The van der Waals surface area contributed by atoms with Gasteiger partial charge in [-0.3, -0.25) is 4.79 Å². The molecule has 0 saturated heterocycles. The van der Waals surface area contributed by atoms with Crippen molar-refractivity contribution in [3.8, 4) is 5.75 Å². The van der Waals surface area contributed by atoms with Gasteiger partial charge in [-0.25, -0.2) is 8.42 Å². The first kappa shape index (κ1) is 17.5. The lowest BCUT2D eigenvalue weighted by Crippen LogP contribution is -2.23. The fraction of sp³-hybridized carbons (Fsp3) is 0.188. The van der Waals surface area contributed by atoms with Gasteiger partial charge in [-0.2, -0.15) is 0 Å². The highest BCUT2D eigenvalue weighted by molar-refractivity contribution is 9.10. The molecular weight excluding hydrogens is 382 g/mol. The molecular formula is C16H16BrNO4S. The van der Waals surface area contributed by atoms with E-state index in [-0.39, 0.29) is 5.75 Å². The fourth-order valence-electron chi connectivity index (χ4n) is 2.03. The van der Waals surface area contributed by atoms with Gasteiger partial charge in [0.1, 0.15) is 11.5 Å². The summed E-state index contributed by atoms with van der Waals surface area (Å²) in [5.41, 5.74) is 1.13. The number of rotatable bonds is 6. The third-order valence-corrected chi connectivity index (χ3v) is 4.95. The van der Waals surface area contributed by atoms with Gasteiger partial charge in [0.25, 0.3) is 0 Å². The van der Waals surface area contributed by atoms with Gasteiger partial charge in [-0.1, -0.05) is 34.1 Å². The number of amides is 1. The Labute approximate surface area is 143 Å². The molecule has 2 rings (SSSR count). The molecule has 2 aromatic carbocycles. The van der Waals surface area contributed by atoms with Gasteiger partial charge in [0.2, 0.25) is 5.91 Å². The summed E-state index contributed by atoms with van der Waals surface area (Å²) in [6.07, 6.45) is 0. The molecule has 2 aromatic rings. The van der Waals surface area contributed by atoms with E-state index in [2.05, 4.69) is 21.2 Å². The first-order valence-corrected chi connectivity index (χ1v) is 9.38. The van der Waals surface area contributed by atoms with Gasteiger partial charge in [0, 0.05) is 16.2 Å². The van der Waals surface area contributed by atoms with Crippen LogP contribution in [0.1, 0.15) is 5.56 Å². The van der Waals surface area contributed by atoms with Crippen molar-refractivity contribution in [3.63, 3.8) is 0 Å². The molecule has 0 saturated carbocycles. The van der Waals surface area contributed by atoms with Crippen LogP contribution in [0.4, 0.5) is 5.69 Å². The van der Waals surface area contributed by atoms with Gasteiger partial charge in [-0.15, -0.1) is 0 Å². The summed E-state index contributed by atoms with van der Waals surface area (Å²) in [6.45, 7) is 0. The number of anilines is 1. The van der Waals surface area contributed by atoms with Gasteiger partial charge < -0.3 is 10.1 Å². The average molecular weight is 398 g/mol. The number of carbonyl (C=O) groups is 1. The predicted octanol–water partition coefficient (Wildman–Crippen LogP) is 3.01. The molecule has 23 heavy (non-hydrogen) atoms. The minimum absolute atomic E-state index is 0.183. The summed E-state index contributed by atoms with van der Waals surface area (Å²) in [4.78, 5) is 11.9. The summed E-state index contributed by atoms with van der Waals surface area (Å²) in [5.74, 6) is -0.748. The number of methoxy groups -OCH3 is 1. The van der Waals surface area contributed by atoms with E-state index in [0.717, 1.165) is 4.47 Å². The number of ether oxygens (including phenoxy) is 1. The maximum absolute atomic E-state index is 12.1.